The summed E-state index contributed by atoms with van der Waals surface area (Å²) in [5, 5.41) is 0. The Morgan fingerprint density at radius 1 is 1.40 bits per heavy atom. The fraction of sp³-hybridized carbons (Fsp3) is 1.00. The van der Waals surface area contributed by atoms with Gasteiger partial charge in [0.1, 0.15) is 0 Å². The van der Waals surface area contributed by atoms with Crippen LogP contribution in [0.5, 0.6) is 0 Å². The van der Waals surface area contributed by atoms with Crippen molar-refractivity contribution in [2.75, 3.05) is 26.7 Å². The second-order valence-corrected chi connectivity index (χ2v) is 3.53. The predicted molar refractivity (Wildman–Crippen MR) is 40.0 cm³/mol. The summed E-state index contributed by atoms with van der Waals surface area (Å²) in [6.45, 7) is 3.41. The molecule has 0 amide bonds. The van der Waals surface area contributed by atoms with E-state index in [1.54, 1.807) is 0 Å². The number of likely N-dealkylation sites (tertiary alicyclic amines) is 1. The van der Waals surface area contributed by atoms with Crippen LogP contribution in [0.3, 0.4) is 0 Å². The van der Waals surface area contributed by atoms with E-state index < -0.39 is 0 Å². The molecular formula is C8H15NO. The molecule has 2 heterocycles. The fourth-order valence-corrected chi connectivity index (χ4v) is 2.09. The highest BCUT2D eigenvalue weighted by Gasteiger charge is 2.33. The Morgan fingerprint density at radius 3 is 3.10 bits per heavy atom. The summed E-state index contributed by atoms with van der Waals surface area (Å²) in [4.78, 5) is 2.38. The highest BCUT2D eigenvalue weighted by molar-refractivity contribution is 4.85. The molecule has 2 fully saturated rings. The van der Waals surface area contributed by atoms with Crippen molar-refractivity contribution >= 4 is 0 Å². The van der Waals surface area contributed by atoms with Crippen LogP contribution in [-0.4, -0.2) is 37.7 Å². The monoisotopic (exact) mass is 141 g/mol. The molecule has 2 aliphatic rings. The maximum atomic E-state index is 5.63. The molecule has 0 radical (unpaired) electrons. The lowest BCUT2D eigenvalue weighted by molar-refractivity contribution is -0.000699. The third kappa shape index (κ3) is 1.06. The van der Waals surface area contributed by atoms with Crippen LogP contribution in [0, 0.1) is 5.92 Å². The quantitative estimate of drug-likeness (QED) is 0.493. The molecule has 0 aliphatic carbocycles. The van der Waals surface area contributed by atoms with Gasteiger partial charge >= 0.3 is 0 Å². The summed E-state index contributed by atoms with van der Waals surface area (Å²) in [6, 6.07) is 0. The van der Waals surface area contributed by atoms with Crippen LogP contribution in [0.1, 0.15) is 12.8 Å². The fourth-order valence-electron chi connectivity index (χ4n) is 2.09. The summed E-state index contributed by atoms with van der Waals surface area (Å²) in [5.41, 5.74) is 0. The molecule has 2 nitrogen and oxygen atoms in total. The molecule has 2 saturated heterocycles. The standard InChI is InChI=1S/C8H15NO/c1-9-5-7-3-2-4-10-8(7)6-9/h7-8H,2-6H2,1H3. The van der Waals surface area contributed by atoms with Crippen LogP contribution in [0.2, 0.25) is 0 Å². The SMILES string of the molecule is CN1CC2CCCOC2C1. The minimum absolute atomic E-state index is 0.568. The highest BCUT2D eigenvalue weighted by Crippen LogP contribution is 2.26. The second kappa shape index (κ2) is 2.51. The van der Waals surface area contributed by atoms with Crippen LogP contribution in [0.15, 0.2) is 0 Å². The smallest absolute Gasteiger partial charge is 0.0742 e. The maximum Gasteiger partial charge on any atom is 0.0742 e. The average Bonchev–Trinajstić information content (AvgIpc) is 2.27. The number of likely N-dealkylation sites (N-methyl/N-ethyl adjacent to an activating group) is 1. The maximum absolute atomic E-state index is 5.63. The zero-order chi connectivity index (χ0) is 6.97. The Kier molecular flexibility index (Phi) is 1.66. The minimum Gasteiger partial charge on any atom is -0.377 e. The van der Waals surface area contributed by atoms with Gasteiger partial charge < -0.3 is 9.64 Å². The topological polar surface area (TPSA) is 12.5 Å². The minimum atomic E-state index is 0.568. The Morgan fingerprint density at radius 2 is 2.30 bits per heavy atom. The molecule has 0 aromatic heterocycles. The molecule has 2 heteroatoms. The van der Waals surface area contributed by atoms with Crippen LogP contribution >= 0.6 is 0 Å². The van der Waals surface area contributed by atoms with Gasteiger partial charge in [0.25, 0.3) is 0 Å². The molecule has 2 atom stereocenters. The first kappa shape index (κ1) is 6.62. The Labute approximate surface area is 62.2 Å². The van der Waals surface area contributed by atoms with Crippen molar-refractivity contribution in [1.82, 2.24) is 4.90 Å². The van der Waals surface area contributed by atoms with Gasteiger partial charge in [-0.25, -0.2) is 0 Å². The zero-order valence-corrected chi connectivity index (χ0v) is 6.55. The first-order valence-electron chi connectivity index (χ1n) is 4.16. The molecule has 2 rings (SSSR count). The van der Waals surface area contributed by atoms with Crippen molar-refractivity contribution in [2.45, 2.75) is 18.9 Å². The Balaban J connectivity index is 1.97. The van der Waals surface area contributed by atoms with Crippen molar-refractivity contribution in [3.63, 3.8) is 0 Å². The molecule has 10 heavy (non-hydrogen) atoms. The van der Waals surface area contributed by atoms with Crippen molar-refractivity contribution in [3.05, 3.63) is 0 Å². The summed E-state index contributed by atoms with van der Waals surface area (Å²) >= 11 is 0. The van der Waals surface area contributed by atoms with E-state index >= 15 is 0 Å². The number of ether oxygens (including phenoxy) is 1. The van der Waals surface area contributed by atoms with Gasteiger partial charge in [-0.2, -0.15) is 0 Å². The van der Waals surface area contributed by atoms with Gasteiger partial charge in [-0.3, -0.25) is 0 Å². The van der Waals surface area contributed by atoms with Gasteiger partial charge in [-0.15, -0.1) is 0 Å². The van der Waals surface area contributed by atoms with E-state index in [2.05, 4.69) is 11.9 Å². The number of fused-ring (bicyclic) bond motifs is 1. The van der Waals surface area contributed by atoms with Crippen molar-refractivity contribution in [2.24, 2.45) is 5.92 Å². The van der Waals surface area contributed by atoms with Crippen LogP contribution < -0.4 is 0 Å². The van der Waals surface area contributed by atoms with Crippen molar-refractivity contribution < 1.29 is 4.74 Å². The number of rotatable bonds is 0. The molecule has 0 aromatic rings. The highest BCUT2D eigenvalue weighted by atomic mass is 16.5. The van der Waals surface area contributed by atoms with E-state index in [-0.39, 0.29) is 0 Å². The van der Waals surface area contributed by atoms with Gasteiger partial charge in [0.15, 0.2) is 0 Å². The van der Waals surface area contributed by atoms with Gasteiger partial charge in [0.05, 0.1) is 6.10 Å². The first-order valence-corrected chi connectivity index (χ1v) is 4.16. The summed E-state index contributed by atoms with van der Waals surface area (Å²) < 4.78 is 5.63. The van der Waals surface area contributed by atoms with E-state index in [1.165, 1.54) is 19.4 Å². The van der Waals surface area contributed by atoms with E-state index in [1.807, 2.05) is 0 Å². The van der Waals surface area contributed by atoms with Crippen molar-refractivity contribution in [3.8, 4) is 0 Å². The largest absolute Gasteiger partial charge is 0.377 e. The lowest BCUT2D eigenvalue weighted by Crippen LogP contribution is -2.27. The average molecular weight is 141 g/mol. The van der Waals surface area contributed by atoms with Crippen LogP contribution in [0.4, 0.5) is 0 Å². The number of hydrogen-bond donors (Lipinski definition) is 0. The zero-order valence-electron chi connectivity index (χ0n) is 6.55. The van der Waals surface area contributed by atoms with E-state index in [0.717, 1.165) is 19.1 Å². The van der Waals surface area contributed by atoms with Crippen molar-refractivity contribution in [1.29, 1.82) is 0 Å². The lowest BCUT2D eigenvalue weighted by Gasteiger charge is -2.24. The van der Waals surface area contributed by atoms with Gasteiger partial charge in [0, 0.05) is 19.7 Å². The van der Waals surface area contributed by atoms with Gasteiger partial charge in [-0.05, 0) is 25.8 Å². The second-order valence-electron chi connectivity index (χ2n) is 3.53. The van der Waals surface area contributed by atoms with Crippen LogP contribution in [-0.2, 0) is 4.74 Å². The summed E-state index contributed by atoms with van der Waals surface area (Å²) in [6.07, 6.45) is 3.23. The molecule has 0 N–H and O–H groups in total. The molecule has 0 aromatic carbocycles. The van der Waals surface area contributed by atoms with E-state index in [0.29, 0.717) is 6.10 Å². The van der Waals surface area contributed by atoms with E-state index in [4.69, 9.17) is 4.74 Å². The molecular weight excluding hydrogens is 126 g/mol. The van der Waals surface area contributed by atoms with Gasteiger partial charge in [-0.1, -0.05) is 0 Å². The predicted octanol–water partition coefficient (Wildman–Crippen LogP) is 0.727. The normalized spacial score (nSPS) is 41.7. The molecule has 58 valence electrons. The molecule has 0 saturated carbocycles. The number of nitrogens with zero attached hydrogens (tertiary/aromatic N) is 1. The Bertz CT molecular complexity index is 112. The number of hydrogen-bond acceptors (Lipinski definition) is 2. The first-order chi connectivity index (χ1) is 4.86. The molecule has 0 spiro atoms. The summed E-state index contributed by atoms with van der Waals surface area (Å²) in [5.74, 6) is 0.846. The molecule has 2 unspecified atom stereocenters. The molecule has 0 bridgehead atoms. The molecule has 2 aliphatic heterocycles. The van der Waals surface area contributed by atoms with Gasteiger partial charge in [0.2, 0.25) is 0 Å². The van der Waals surface area contributed by atoms with Crippen LogP contribution in [0.25, 0.3) is 0 Å². The third-order valence-corrected chi connectivity index (χ3v) is 2.61. The third-order valence-electron chi connectivity index (χ3n) is 2.61. The van der Waals surface area contributed by atoms with E-state index in [9.17, 15) is 0 Å². The summed E-state index contributed by atoms with van der Waals surface area (Å²) in [7, 11) is 2.18. The lowest BCUT2D eigenvalue weighted by atomic mass is 9.98. The Hall–Kier alpha value is -0.0800.